The molecule has 0 aromatic heterocycles. The van der Waals surface area contributed by atoms with Gasteiger partial charge in [0.15, 0.2) is 5.72 Å². The quantitative estimate of drug-likeness (QED) is 0.547. The van der Waals surface area contributed by atoms with E-state index in [-0.39, 0.29) is 10.6 Å². The maximum Gasteiger partial charge on any atom is 0.313 e. The maximum absolute atomic E-state index is 11.6. The first-order valence-corrected chi connectivity index (χ1v) is 9.50. The normalized spacial score (nSPS) is 29.2. The summed E-state index contributed by atoms with van der Waals surface area (Å²) in [6.07, 6.45) is 8.57. The zero-order valence-electron chi connectivity index (χ0n) is 14.5. The summed E-state index contributed by atoms with van der Waals surface area (Å²) in [6.45, 7) is 4.24. The third kappa shape index (κ3) is 2.83. The smallest absolute Gasteiger partial charge is 0.313 e. The number of likely N-dealkylation sites (tertiary alicyclic amines) is 1. The van der Waals surface area contributed by atoms with Crippen LogP contribution in [-0.2, 0) is 0 Å². The van der Waals surface area contributed by atoms with Crippen LogP contribution in [0.3, 0.4) is 0 Å². The number of benzene rings is 1. The van der Waals surface area contributed by atoms with Crippen LogP contribution >= 0.6 is 11.6 Å². The van der Waals surface area contributed by atoms with Crippen molar-refractivity contribution in [3.05, 3.63) is 38.4 Å². The lowest BCUT2D eigenvalue weighted by Gasteiger charge is -2.51. The van der Waals surface area contributed by atoms with Crippen LogP contribution in [0.2, 0.25) is 5.02 Å². The first-order chi connectivity index (χ1) is 12.0. The second-order valence-electron chi connectivity index (χ2n) is 7.56. The Labute approximate surface area is 152 Å². The van der Waals surface area contributed by atoms with Gasteiger partial charge in [0.2, 0.25) is 5.75 Å². The van der Waals surface area contributed by atoms with Crippen molar-refractivity contribution in [1.82, 2.24) is 4.90 Å². The minimum absolute atomic E-state index is 0.0344. The highest BCUT2D eigenvalue weighted by molar-refractivity contribution is 6.31. The van der Waals surface area contributed by atoms with E-state index in [4.69, 9.17) is 16.3 Å². The minimum Gasteiger partial charge on any atom is -0.461 e. The molecule has 5 nitrogen and oxygen atoms in total. The number of fused-ring (bicyclic) bond motifs is 2. The lowest BCUT2D eigenvalue weighted by atomic mass is 9.80. The van der Waals surface area contributed by atoms with Crippen LogP contribution in [0.4, 0.5) is 5.69 Å². The van der Waals surface area contributed by atoms with Crippen LogP contribution in [0.5, 0.6) is 5.75 Å². The van der Waals surface area contributed by atoms with Crippen molar-refractivity contribution in [1.29, 1.82) is 0 Å². The number of nitro benzene ring substituents is 1. The Morgan fingerprint density at radius 2 is 2.20 bits per heavy atom. The van der Waals surface area contributed by atoms with E-state index < -0.39 is 5.72 Å². The van der Waals surface area contributed by atoms with Crippen molar-refractivity contribution in [3.8, 4) is 5.75 Å². The van der Waals surface area contributed by atoms with E-state index in [1.807, 2.05) is 0 Å². The van der Waals surface area contributed by atoms with Gasteiger partial charge in [-0.3, -0.25) is 15.0 Å². The zero-order valence-corrected chi connectivity index (χ0v) is 15.2. The fourth-order valence-corrected chi connectivity index (χ4v) is 4.81. The number of hydrogen-bond donors (Lipinski definition) is 0. The topological polar surface area (TPSA) is 55.6 Å². The molecule has 2 aliphatic heterocycles. The predicted molar refractivity (Wildman–Crippen MR) is 97.9 cm³/mol. The Hall–Kier alpha value is -1.59. The van der Waals surface area contributed by atoms with Gasteiger partial charge < -0.3 is 4.74 Å². The van der Waals surface area contributed by atoms with E-state index in [0.717, 1.165) is 50.8 Å². The Balaban J connectivity index is 1.83. The minimum atomic E-state index is -0.515. The SMILES string of the molecule is CC1CCCN(C23CCCCC2=Cc2cc(Cl)cc([N+](=O)[O-])c2O3)C1. The average Bonchev–Trinajstić information content (AvgIpc) is 2.59. The Kier molecular flexibility index (Phi) is 4.24. The van der Waals surface area contributed by atoms with Gasteiger partial charge >= 0.3 is 5.69 Å². The molecule has 4 rings (SSSR count). The molecule has 0 amide bonds. The largest absolute Gasteiger partial charge is 0.461 e. The molecule has 2 atom stereocenters. The van der Waals surface area contributed by atoms with Crippen molar-refractivity contribution in [3.63, 3.8) is 0 Å². The van der Waals surface area contributed by atoms with Gasteiger partial charge in [0, 0.05) is 36.2 Å². The first kappa shape index (κ1) is 16.9. The van der Waals surface area contributed by atoms with E-state index in [1.165, 1.54) is 18.1 Å². The molecule has 0 N–H and O–H groups in total. The molecule has 1 aromatic carbocycles. The van der Waals surface area contributed by atoms with E-state index in [2.05, 4.69) is 17.9 Å². The van der Waals surface area contributed by atoms with Crippen LogP contribution in [0.25, 0.3) is 6.08 Å². The molecule has 1 saturated carbocycles. The van der Waals surface area contributed by atoms with Gasteiger partial charge in [0.25, 0.3) is 0 Å². The third-order valence-corrected chi connectivity index (χ3v) is 5.96. The van der Waals surface area contributed by atoms with Crippen molar-refractivity contribution in [2.24, 2.45) is 5.92 Å². The first-order valence-electron chi connectivity index (χ1n) is 9.13. The molecule has 2 unspecified atom stereocenters. The van der Waals surface area contributed by atoms with Crippen molar-refractivity contribution >= 4 is 23.4 Å². The van der Waals surface area contributed by atoms with Gasteiger partial charge in [-0.05, 0) is 55.7 Å². The summed E-state index contributed by atoms with van der Waals surface area (Å²) in [7, 11) is 0. The number of rotatable bonds is 2. The summed E-state index contributed by atoms with van der Waals surface area (Å²) in [5, 5.41) is 11.9. The molecule has 25 heavy (non-hydrogen) atoms. The molecule has 1 aromatic rings. The Bertz CT molecular complexity index is 748. The summed E-state index contributed by atoms with van der Waals surface area (Å²) in [4.78, 5) is 13.6. The standard InChI is InChI=1S/C19H23ClN2O3/c1-13-5-4-8-21(12-13)19-7-3-2-6-15(19)9-14-10-16(20)11-17(22(23)24)18(14)25-19/h9-11,13H,2-8,12H2,1H3. The van der Waals surface area contributed by atoms with E-state index in [1.54, 1.807) is 6.07 Å². The van der Waals surface area contributed by atoms with Crippen LogP contribution < -0.4 is 4.74 Å². The summed E-state index contributed by atoms with van der Waals surface area (Å²) in [5.41, 5.74) is 1.43. The molecule has 0 bridgehead atoms. The average molecular weight is 363 g/mol. The van der Waals surface area contributed by atoms with E-state index in [0.29, 0.717) is 16.7 Å². The van der Waals surface area contributed by atoms with Crippen molar-refractivity contribution in [2.45, 2.75) is 51.2 Å². The molecule has 0 radical (unpaired) electrons. The van der Waals surface area contributed by atoms with E-state index >= 15 is 0 Å². The number of ether oxygens (including phenoxy) is 1. The third-order valence-electron chi connectivity index (χ3n) is 5.74. The molecule has 2 fully saturated rings. The lowest BCUT2D eigenvalue weighted by Crippen LogP contribution is -2.59. The zero-order chi connectivity index (χ0) is 17.6. The molecule has 134 valence electrons. The fourth-order valence-electron chi connectivity index (χ4n) is 4.59. The number of halogens is 1. The maximum atomic E-state index is 11.6. The summed E-state index contributed by atoms with van der Waals surface area (Å²) in [5.74, 6) is 0.995. The van der Waals surface area contributed by atoms with Crippen LogP contribution in [0.1, 0.15) is 51.0 Å². The summed E-state index contributed by atoms with van der Waals surface area (Å²) in [6, 6.07) is 3.17. The fraction of sp³-hybridized carbons (Fsp3) is 0.579. The molecule has 3 aliphatic rings. The van der Waals surface area contributed by atoms with E-state index in [9.17, 15) is 10.1 Å². The van der Waals surface area contributed by atoms with Crippen LogP contribution in [-0.4, -0.2) is 28.6 Å². The van der Waals surface area contributed by atoms with Gasteiger partial charge in [-0.25, -0.2) is 0 Å². The Morgan fingerprint density at radius 1 is 1.36 bits per heavy atom. The molecule has 1 aliphatic carbocycles. The molecule has 1 saturated heterocycles. The van der Waals surface area contributed by atoms with Gasteiger partial charge in [-0.15, -0.1) is 0 Å². The molecular formula is C19H23ClN2O3. The Morgan fingerprint density at radius 3 is 2.96 bits per heavy atom. The highest BCUT2D eigenvalue weighted by Crippen LogP contribution is 2.50. The highest BCUT2D eigenvalue weighted by Gasteiger charge is 2.48. The second-order valence-corrected chi connectivity index (χ2v) is 7.99. The van der Waals surface area contributed by atoms with Crippen molar-refractivity contribution < 1.29 is 9.66 Å². The molecule has 6 heteroatoms. The highest BCUT2D eigenvalue weighted by atomic mass is 35.5. The van der Waals surface area contributed by atoms with Gasteiger partial charge in [-0.2, -0.15) is 0 Å². The van der Waals surface area contributed by atoms with Gasteiger partial charge in [-0.1, -0.05) is 18.5 Å². The van der Waals surface area contributed by atoms with Gasteiger partial charge in [0.05, 0.1) is 4.92 Å². The molecular weight excluding hydrogens is 340 g/mol. The lowest BCUT2D eigenvalue weighted by molar-refractivity contribution is -0.386. The monoisotopic (exact) mass is 362 g/mol. The summed E-state index contributed by atoms with van der Waals surface area (Å²) >= 11 is 6.10. The number of nitrogens with zero attached hydrogens (tertiary/aromatic N) is 2. The van der Waals surface area contributed by atoms with Gasteiger partial charge in [0.1, 0.15) is 0 Å². The number of nitro groups is 1. The number of piperidine rings is 1. The predicted octanol–water partition coefficient (Wildman–Crippen LogP) is 5.03. The molecule has 0 spiro atoms. The summed E-state index contributed by atoms with van der Waals surface area (Å²) < 4.78 is 6.52. The number of hydrogen-bond acceptors (Lipinski definition) is 4. The van der Waals surface area contributed by atoms with Crippen molar-refractivity contribution in [2.75, 3.05) is 13.1 Å². The van der Waals surface area contributed by atoms with Crippen LogP contribution in [0.15, 0.2) is 17.7 Å². The second kappa shape index (κ2) is 6.29. The molecule has 2 heterocycles. The van der Waals surface area contributed by atoms with Crippen LogP contribution in [0, 0.1) is 16.0 Å².